The predicted molar refractivity (Wildman–Crippen MR) is 89.6 cm³/mol. The molecular formula is C16H10BrN3O2. The Hall–Kier alpha value is -2.60. The lowest BCUT2D eigenvalue weighted by molar-refractivity contribution is 0.661. The van der Waals surface area contributed by atoms with Crippen molar-refractivity contribution >= 4 is 49.6 Å². The van der Waals surface area contributed by atoms with Gasteiger partial charge in [0.1, 0.15) is 11.1 Å². The maximum atomic E-state index is 12.2. The number of anilines is 2. The van der Waals surface area contributed by atoms with Crippen molar-refractivity contribution in [3.05, 3.63) is 63.4 Å². The lowest BCUT2D eigenvalue weighted by Gasteiger charge is -2.04. The van der Waals surface area contributed by atoms with Crippen LogP contribution in [0.5, 0.6) is 0 Å². The summed E-state index contributed by atoms with van der Waals surface area (Å²) in [7, 11) is 0. The number of H-pyrrole nitrogens is 1. The Labute approximate surface area is 133 Å². The first-order valence-corrected chi connectivity index (χ1v) is 7.44. The monoisotopic (exact) mass is 355 g/mol. The lowest BCUT2D eigenvalue weighted by Crippen LogP contribution is -2.10. The largest absolute Gasteiger partial charge is 0.449 e. The van der Waals surface area contributed by atoms with Gasteiger partial charge in [0.2, 0.25) is 11.5 Å². The second-order valence-corrected chi connectivity index (χ2v) is 5.74. The van der Waals surface area contributed by atoms with Crippen LogP contribution >= 0.6 is 15.9 Å². The summed E-state index contributed by atoms with van der Waals surface area (Å²) in [5.74, 6) is 0.381. The summed E-state index contributed by atoms with van der Waals surface area (Å²) in [5.41, 5.74) is 1.94. The molecule has 0 aliphatic rings. The molecule has 0 aliphatic heterocycles. The molecule has 2 heterocycles. The Kier molecular flexibility index (Phi) is 2.97. The molecule has 0 radical (unpaired) electrons. The van der Waals surface area contributed by atoms with Crippen molar-refractivity contribution in [1.82, 2.24) is 9.97 Å². The van der Waals surface area contributed by atoms with Gasteiger partial charge < -0.3 is 9.73 Å². The van der Waals surface area contributed by atoms with E-state index in [0.717, 1.165) is 15.5 Å². The van der Waals surface area contributed by atoms with E-state index in [1.165, 1.54) is 0 Å². The molecule has 2 aromatic carbocycles. The van der Waals surface area contributed by atoms with Crippen molar-refractivity contribution < 1.29 is 4.42 Å². The van der Waals surface area contributed by atoms with Crippen molar-refractivity contribution in [2.45, 2.75) is 0 Å². The number of para-hydroxylation sites is 1. The highest BCUT2D eigenvalue weighted by molar-refractivity contribution is 9.10. The van der Waals surface area contributed by atoms with Gasteiger partial charge in [-0.25, -0.2) is 4.98 Å². The van der Waals surface area contributed by atoms with Crippen LogP contribution < -0.4 is 10.9 Å². The van der Waals surface area contributed by atoms with E-state index in [1.807, 2.05) is 48.5 Å². The molecule has 5 nitrogen and oxygen atoms in total. The van der Waals surface area contributed by atoms with Crippen LogP contribution in [0.3, 0.4) is 0 Å². The number of aromatic nitrogens is 2. The van der Waals surface area contributed by atoms with Crippen molar-refractivity contribution in [2.75, 3.05) is 5.32 Å². The Morgan fingerprint density at radius 2 is 1.95 bits per heavy atom. The molecule has 0 atom stereocenters. The van der Waals surface area contributed by atoms with Gasteiger partial charge >= 0.3 is 0 Å². The first-order chi connectivity index (χ1) is 10.7. The standard InChI is InChI=1S/C16H10BrN3O2/c17-9-6-7-12-11(8-9)13-14(22-12)15(21)20-16(19-13)18-10-4-2-1-3-5-10/h1-8H,(H2,18,19,20,21). The Morgan fingerprint density at radius 1 is 1.14 bits per heavy atom. The number of hydrogen-bond acceptors (Lipinski definition) is 4. The third-order valence-electron chi connectivity index (χ3n) is 3.32. The molecular weight excluding hydrogens is 346 g/mol. The summed E-state index contributed by atoms with van der Waals surface area (Å²) in [5, 5.41) is 3.88. The smallest absolute Gasteiger partial charge is 0.296 e. The lowest BCUT2D eigenvalue weighted by atomic mass is 10.2. The van der Waals surface area contributed by atoms with E-state index in [0.29, 0.717) is 17.0 Å². The van der Waals surface area contributed by atoms with Gasteiger partial charge in [0.25, 0.3) is 5.56 Å². The van der Waals surface area contributed by atoms with Gasteiger partial charge in [-0.3, -0.25) is 9.78 Å². The zero-order valence-electron chi connectivity index (χ0n) is 11.3. The highest BCUT2D eigenvalue weighted by Crippen LogP contribution is 2.28. The van der Waals surface area contributed by atoms with Crippen LogP contribution in [-0.4, -0.2) is 9.97 Å². The van der Waals surface area contributed by atoms with Crippen LogP contribution in [0.1, 0.15) is 0 Å². The van der Waals surface area contributed by atoms with Crippen LogP contribution in [0.2, 0.25) is 0 Å². The second kappa shape index (κ2) is 4.99. The van der Waals surface area contributed by atoms with E-state index in [4.69, 9.17) is 4.42 Å². The molecule has 22 heavy (non-hydrogen) atoms. The Balaban J connectivity index is 1.92. The quantitative estimate of drug-likeness (QED) is 0.565. The molecule has 0 unspecified atom stereocenters. The number of aromatic amines is 1. The molecule has 0 bridgehead atoms. The first-order valence-electron chi connectivity index (χ1n) is 6.65. The number of halogens is 1. The molecule has 0 amide bonds. The molecule has 4 aromatic rings. The first kappa shape index (κ1) is 13.1. The van der Waals surface area contributed by atoms with Gasteiger partial charge in [-0.2, -0.15) is 0 Å². The summed E-state index contributed by atoms with van der Waals surface area (Å²) in [6.07, 6.45) is 0. The number of hydrogen-bond donors (Lipinski definition) is 2. The van der Waals surface area contributed by atoms with E-state index >= 15 is 0 Å². The maximum Gasteiger partial charge on any atom is 0.296 e. The fourth-order valence-corrected chi connectivity index (χ4v) is 2.70. The average Bonchev–Trinajstić information content (AvgIpc) is 2.87. The van der Waals surface area contributed by atoms with Gasteiger partial charge in [0.15, 0.2) is 0 Å². The fraction of sp³-hybridized carbons (Fsp3) is 0. The number of furan rings is 1. The molecule has 2 aromatic heterocycles. The summed E-state index contributed by atoms with van der Waals surface area (Å²) < 4.78 is 6.49. The average molecular weight is 356 g/mol. The summed E-state index contributed by atoms with van der Waals surface area (Å²) in [6, 6.07) is 15.1. The Bertz CT molecular complexity index is 1040. The minimum Gasteiger partial charge on any atom is -0.449 e. The van der Waals surface area contributed by atoms with Gasteiger partial charge in [0.05, 0.1) is 0 Å². The maximum absolute atomic E-state index is 12.2. The number of nitrogens with one attached hydrogen (secondary N) is 2. The van der Waals surface area contributed by atoms with Crippen molar-refractivity contribution in [2.24, 2.45) is 0 Å². The van der Waals surface area contributed by atoms with E-state index in [1.54, 1.807) is 0 Å². The molecule has 108 valence electrons. The summed E-state index contributed by atoms with van der Waals surface area (Å²) >= 11 is 3.42. The third-order valence-corrected chi connectivity index (χ3v) is 3.82. The molecule has 6 heteroatoms. The topological polar surface area (TPSA) is 70.9 Å². The van der Waals surface area contributed by atoms with Gasteiger partial charge in [-0.15, -0.1) is 0 Å². The summed E-state index contributed by atoms with van der Waals surface area (Å²) in [4.78, 5) is 19.4. The summed E-state index contributed by atoms with van der Waals surface area (Å²) in [6.45, 7) is 0. The minimum absolute atomic E-state index is 0.228. The molecule has 2 N–H and O–H groups in total. The highest BCUT2D eigenvalue weighted by Gasteiger charge is 2.13. The van der Waals surface area contributed by atoms with Crippen LogP contribution in [0.4, 0.5) is 11.6 Å². The van der Waals surface area contributed by atoms with Crippen LogP contribution in [0.25, 0.3) is 22.1 Å². The molecule has 4 rings (SSSR count). The molecule has 0 saturated carbocycles. The van der Waals surface area contributed by atoms with Crippen LogP contribution in [0.15, 0.2) is 62.2 Å². The number of nitrogens with zero attached hydrogens (tertiary/aromatic N) is 1. The molecule has 0 spiro atoms. The van der Waals surface area contributed by atoms with E-state index in [9.17, 15) is 4.79 Å². The third kappa shape index (κ3) is 2.17. The highest BCUT2D eigenvalue weighted by atomic mass is 79.9. The molecule has 0 aliphatic carbocycles. The van der Waals surface area contributed by atoms with Gasteiger partial charge in [0, 0.05) is 15.5 Å². The molecule has 0 fully saturated rings. The van der Waals surface area contributed by atoms with E-state index in [2.05, 4.69) is 31.2 Å². The van der Waals surface area contributed by atoms with Crippen molar-refractivity contribution in [3.63, 3.8) is 0 Å². The van der Waals surface area contributed by atoms with Crippen molar-refractivity contribution in [3.8, 4) is 0 Å². The second-order valence-electron chi connectivity index (χ2n) is 4.83. The van der Waals surface area contributed by atoms with Crippen LogP contribution in [0, 0.1) is 0 Å². The van der Waals surface area contributed by atoms with Crippen molar-refractivity contribution in [1.29, 1.82) is 0 Å². The number of rotatable bonds is 2. The predicted octanol–water partition coefficient (Wildman–Crippen LogP) is 4.18. The number of fused-ring (bicyclic) bond motifs is 3. The number of benzene rings is 2. The normalized spacial score (nSPS) is 11.1. The van der Waals surface area contributed by atoms with E-state index in [-0.39, 0.29) is 11.1 Å². The minimum atomic E-state index is -0.309. The SMILES string of the molecule is O=c1[nH]c(Nc2ccccc2)nc2c1oc1ccc(Br)cc12. The Morgan fingerprint density at radius 3 is 2.77 bits per heavy atom. The zero-order chi connectivity index (χ0) is 15.1. The van der Waals surface area contributed by atoms with Gasteiger partial charge in [-0.05, 0) is 30.3 Å². The fourth-order valence-electron chi connectivity index (χ4n) is 2.34. The molecule has 0 saturated heterocycles. The van der Waals surface area contributed by atoms with Gasteiger partial charge in [-0.1, -0.05) is 34.1 Å². The zero-order valence-corrected chi connectivity index (χ0v) is 12.8. The van der Waals surface area contributed by atoms with Crippen LogP contribution in [-0.2, 0) is 0 Å². The van der Waals surface area contributed by atoms with E-state index < -0.39 is 0 Å².